The number of amides is 2. The van der Waals surface area contributed by atoms with Crippen molar-refractivity contribution in [2.75, 3.05) is 13.1 Å². The first-order valence-electron chi connectivity index (χ1n) is 10.5. The molecule has 0 aromatic carbocycles. The number of urea groups is 1. The first-order valence-corrected chi connectivity index (χ1v) is 10.5. The second kappa shape index (κ2) is 15.8. The van der Waals surface area contributed by atoms with E-state index in [0.717, 1.165) is 37.8 Å². The van der Waals surface area contributed by atoms with Crippen LogP contribution in [0.4, 0.5) is 4.79 Å². The Balaban J connectivity index is 3.56. The lowest BCUT2D eigenvalue weighted by Gasteiger charge is -2.20. The molecule has 0 spiro atoms. The zero-order chi connectivity index (χ0) is 18.2. The van der Waals surface area contributed by atoms with Crippen molar-refractivity contribution < 1.29 is 4.79 Å². The largest absolute Gasteiger partial charge is 0.351 e. The number of hydrogen-bond donors (Lipinski definition) is 1. The predicted octanol–water partition coefficient (Wildman–Crippen LogP) is 6.36. The molecule has 0 heterocycles. The lowest BCUT2D eigenvalue weighted by Crippen LogP contribution is -2.37. The van der Waals surface area contributed by atoms with E-state index in [1.165, 1.54) is 64.2 Å². The number of carbonyl (C=O) groups excluding carboxylic acids is 1. The van der Waals surface area contributed by atoms with Crippen LogP contribution in [0.15, 0.2) is 0 Å². The van der Waals surface area contributed by atoms with Gasteiger partial charge in [0.15, 0.2) is 0 Å². The van der Waals surface area contributed by atoms with Gasteiger partial charge in [0.1, 0.15) is 0 Å². The molecular weight excluding hydrogens is 296 g/mol. The fourth-order valence-corrected chi connectivity index (χ4v) is 3.10. The summed E-state index contributed by atoms with van der Waals surface area (Å²) < 4.78 is 0. The van der Waals surface area contributed by atoms with Gasteiger partial charge in [0.2, 0.25) is 0 Å². The van der Waals surface area contributed by atoms with Gasteiger partial charge in [0.05, 0.1) is 0 Å². The van der Waals surface area contributed by atoms with E-state index in [1.54, 1.807) is 0 Å². The molecule has 0 unspecified atom stereocenters. The second-order valence-electron chi connectivity index (χ2n) is 8.23. The van der Waals surface area contributed by atoms with Crippen molar-refractivity contribution in [3.05, 3.63) is 0 Å². The van der Waals surface area contributed by atoms with E-state index >= 15 is 0 Å². The number of primary amides is 1. The molecule has 0 atom stereocenters. The zero-order valence-electron chi connectivity index (χ0n) is 17.0. The smallest absolute Gasteiger partial charge is 0.314 e. The van der Waals surface area contributed by atoms with Gasteiger partial charge >= 0.3 is 6.03 Å². The normalized spacial score (nSPS) is 11.4. The van der Waals surface area contributed by atoms with E-state index < -0.39 is 0 Å². The summed E-state index contributed by atoms with van der Waals surface area (Å²) in [5.41, 5.74) is 5.52. The molecule has 0 aliphatic heterocycles. The maximum absolute atomic E-state index is 11.5. The number of rotatable bonds is 16. The first-order chi connectivity index (χ1) is 11.4. The number of unbranched alkanes of at least 4 members (excludes halogenated alkanes) is 8. The highest BCUT2D eigenvalue weighted by atomic mass is 16.2. The Morgan fingerprint density at radius 2 is 1.00 bits per heavy atom. The van der Waals surface area contributed by atoms with Crippen molar-refractivity contribution in [1.82, 2.24) is 4.90 Å². The van der Waals surface area contributed by atoms with Crippen molar-refractivity contribution >= 4 is 6.03 Å². The Bertz CT molecular complexity index is 268. The van der Waals surface area contributed by atoms with E-state index in [4.69, 9.17) is 5.73 Å². The van der Waals surface area contributed by atoms with Crippen LogP contribution in [0.1, 0.15) is 105 Å². The molecule has 2 N–H and O–H groups in total. The van der Waals surface area contributed by atoms with Crippen LogP contribution in [-0.2, 0) is 0 Å². The molecular formula is C21H44N2O. The van der Waals surface area contributed by atoms with E-state index in [2.05, 4.69) is 27.7 Å². The maximum Gasteiger partial charge on any atom is 0.314 e. The summed E-state index contributed by atoms with van der Waals surface area (Å²) in [4.78, 5) is 13.4. The van der Waals surface area contributed by atoms with Crippen LogP contribution in [-0.4, -0.2) is 24.0 Å². The first kappa shape index (κ1) is 23.3. The fourth-order valence-electron chi connectivity index (χ4n) is 3.10. The molecule has 3 heteroatoms. The van der Waals surface area contributed by atoms with Crippen LogP contribution in [0.2, 0.25) is 0 Å². The van der Waals surface area contributed by atoms with Gasteiger partial charge in [0.25, 0.3) is 0 Å². The highest BCUT2D eigenvalue weighted by molar-refractivity contribution is 5.71. The summed E-state index contributed by atoms with van der Waals surface area (Å²) in [5.74, 6) is 1.64. The molecule has 0 aromatic heterocycles. The fraction of sp³-hybridized carbons (Fsp3) is 0.952. The van der Waals surface area contributed by atoms with Gasteiger partial charge in [-0.25, -0.2) is 4.79 Å². The number of nitrogens with zero attached hydrogens (tertiary/aromatic N) is 1. The number of carbonyl (C=O) groups is 1. The Morgan fingerprint density at radius 3 is 1.33 bits per heavy atom. The molecule has 144 valence electrons. The monoisotopic (exact) mass is 340 g/mol. The van der Waals surface area contributed by atoms with Gasteiger partial charge in [-0.1, -0.05) is 91.9 Å². The third-order valence-corrected chi connectivity index (χ3v) is 4.73. The predicted molar refractivity (Wildman–Crippen MR) is 106 cm³/mol. The molecule has 0 saturated carbocycles. The van der Waals surface area contributed by atoms with E-state index in [9.17, 15) is 4.79 Å². The number of hydrogen-bond acceptors (Lipinski definition) is 1. The van der Waals surface area contributed by atoms with Crippen LogP contribution < -0.4 is 5.73 Å². The van der Waals surface area contributed by atoms with Gasteiger partial charge < -0.3 is 10.6 Å². The minimum absolute atomic E-state index is 0.241. The third kappa shape index (κ3) is 16.1. The van der Waals surface area contributed by atoms with Crippen LogP contribution in [0.3, 0.4) is 0 Å². The zero-order valence-corrected chi connectivity index (χ0v) is 17.0. The van der Waals surface area contributed by atoms with E-state index in [1.807, 2.05) is 4.90 Å². The van der Waals surface area contributed by atoms with Gasteiger partial charge in [0, 0.05) is 13.1 Å². The van der Waals surface area contributed by atoms with Crippen LogP contribution >= 0.6 is 0 Å². The van der Waals surface area contributed by atoms with Crippen molar-refractivity contribution in [3.8, 4) is 0 Å². The minimum Gasteiger partial charge on any atom is -0.351 e. The summed E-state index contributed by atoms with van der Waals surface area (Å²) in [6.45, 7) is 10.8. The third-order valence-electron chi connectivity index (χ3n) is 4.73. The quantitative estimate of drug-likeness (QED) is 0.326. The molecule has 3 nitrogen and oxygen atoms in total. The van der Waals surface area contributed by atoms with Crippen LogP contribution in [0, 0.1) is 11.8 Å². The maximum atomic E-state index is 11.5. The molecule has 24 heavy (non-hydrogen) atoms. The molecule has 0 saturated heterocycles. The summed E-state index contributed by atoms with van der Waals surface area (Å²) in [7, 11) is 0. The lowest BCUT2D eigenvalue weighted by atomic mass is 10.0. The molecule has 0 bridgehead atoms. The average Bonchev–Trinajstić information content (AvgIpc) is 2.50. The Morgan fingerprint density at radius 1 is 0.667 bits per heavy atom. The minimum atomic E-state index is -0.241. The van der Waals surface area contributed by atoms with Gasteiger partial charge in [-0.3, -0.25) is 0 Å². The highest BCUT2D eigenvalue weighted by Gasteiger charge is 2.08. The topological polar surface area (TPSA) is 46.3 Å². The summed E-state index contributed by atoms with van der Waals surface area (Å²) in [6, 6.07) is -0.241. The lowest BCUT2D eigenvalue weighted by molar-refractivity contribution is 0.204. The highest BCUT2D eigenvalue weighted by Crippen LogP contribution is 2.12. The Hall–Kier alpha value is -0.730. The second-order valence-corrected chi connectivity index (χ2v) is 8.23. The van der Waals surface area contributed by atoms with Crippen molar-refractivity contribution in [3.63, 3.8) is 0 Å². The van der Waals surface area contributed by atoms with Crippen molar-refractivity contribution in [2.45, 2.75) is 105 Å². The Kier molecular flexibility index (Phi) is 15.3. The Labute approximate surface area is 151 Å². The van der Waals surface area contributed by atoms with Gasteiger partial charge in [-0.2, -0.15) is 0 Å². The standard InChI is InChI=1S/C21H44N2O/c1-19(2)15-11-7-5-9-13-17-23(21(22)24)18-14-10-6-8-12-16-20(3)4/h19-20H,5-18H2,1-4H3,(H2,22,24). The molecule has 0 aliphatic carbocycles. The molecule has 0 aromatic rings. The number of nitrogens with two attached hydrogens (primary N) is 1. The molecule has 0 fully saturated rings. The van der Waals surface area contributed by atoms with Crippen LogP contribution in [0.25, 0.3) is 0 Å². The van der Waals surface area contributed by atoms with Gasteiger partial charge in [-0.05, 0) is 24.7 Å². The molecule has 0 radical (unpaired) electrons. The molecule has 2 amide bonds. The van der Waals surface area contributed by atoms with Crippen LogP contribution in [0.5, 0.6) is 0 Å². The van der Waals surface area contributed by atoms with Crippen molar-refractivity contribution in [2.24, 2.45) is 17.6 Å². The van der Waals surface area contributed by atoms with Gasteiger partial charge in [-0.15, -0.1) is 0 Å². The average molecular weight is 341 g/mol. The van der Waals surface area contributed by atoms with Crippen molar-refractivity contribution in [1.29, 1.82) is 0 Å². The van der Waals surface area contributed by atoms with E-state index in [0.29, 0.717) is 0 Å². The summed E-state index contributed by atoms with van der Waals surface area (Å²) in [5, 5.41) is 0. The SMILES string of the molecule is CC(C)CCCCCCCN(CCCCCCCC(C)C)C(N)=O. The molecule has 0 aliphatic rings. The summed E-state index contributed by atoms with van der Waals surface area (Å²) >= 11 is 0. The summed E-state index contributed by atoms with van der Waals surface area (Å²) in [6.07, 6.45) is 15.2. The van der Waals surface area contributed by atoms with E-state index in [-0.39, 0.29) is 6.03 Å². The molecule has 0 rings (SSSR count).